The summed E-state index contributed by atoms with van der Waals surface area (Å²) in [6.45, 7) is 5.17. The summed E-state index contributed by atoms with van der Waals surface area (Å²) in [6.07, 6.45) is 2.22. The van der Waals surface area contributed by atoms with Gasteiger partial charge in [-0.25, -0.2) is 14.6 Å². The van der Waals surface area contributed by atoms with Gasteiger partial charge < -0.3 is 18.2 Å². The molecule has 0 saturated carbocycles. The van der Waals surface area contributed by atoms with Gasteiger partial charge in [0.1, 0.15) is 4.90 Å². The third-order valence-electron chi connectivity index (χ3n) is 4.39. The number of hydrogen-bond acceptors (Lipinski definition) is 7. The van der Waals surface area contributed by atoms with Gasteiger partial charge in [0, 0.05) is 38.3 Å². The lowest BCUT2D eigenvalue weighted by Crippen LogP contribution is -2.48. The molecular formula is C17H19N3O4S. The van der Waals surface area contributed by atoms with Crippen molar-refractivity contribution in [3.8, 4) is 0 Å². The quantitative estimate of drug-likeness (QED) is 0.703. The maximum Gasteiger partial charge on any atom is 0.354 e. The number of nitrogens with zero attached hydrogens (tertiary/aromatic N) is 3. The van der Waals surface area contributed by atoms with E-state index in [1.54, 1.807) is 0 Å². The van der Waals surface area contributed by atoms with Gasteiger partial charge in [0.2, 0.25) is 5.17 Å². The molecule has 0 unspecified atom stereocenters. The summed E-state index contributed by atoms with van der Waals surface area (Å²) in [6, 6.07) is 5.68. The van der Waals surface area contributed by atoms with E-state index in [4.69, 9.17) is 13.4 Å². The van der Waals surface area contributed by atoms with E-state index in [-0.39, 0.29) is 0 Å². The van der Waals surface area contributed by atoms with Crippen LogP contribution in [0.4, 0.5) is 5.69 Å². The molecule has 4 rings (SSSR count). The summed E-state index contributed by atoms with van der Waals surface area (Å²) in [7, 11) is -0.676. The minimum Gasteiger partial charge on any atom is -0.339 e. The molecule has 1 fully saturated rings. The van der Waals surface area contributed by atoms with Crippen LogP contribution in [0, 0.1) is 6.92 Å². The molecule has 3 aliphatic heterocycles. The molecule has 0 radical (unpaired) electrons. The van der Waals surface area contributed by atoms with Gasteiger partial charge in [0.05, 0.1) is 5.69 Å². The lowest BCUT2D eigenvalue weighted by molar-refractivity contribution is -0.129. The molecule has 0 aromatic heterocycles. The highest BCUT2D eigenvalue weighted by molar-refractivity contribution is 8.39. The Balaban J connectivity index is 1.82. The van der Waals surface area contributed by atoms with Crippen LogP contribution in [0.3, 0.4) is 0 Å². The zero-order valence-electron chi connectivity index (χ0n) is 14.1. The molecule has 0 N–H and O–H groups in total. The van der Waals surface area contributed by atoms with Crippen LogP contribution >= 0.6 is 10.6 Å². The number of rotatable bonds is 0. The van der Waals surface area contributed by atoms with Gasteiger partial charge in [-0.15, -0.1) is 0 Å². The van der Waals surface area contributed by atoms with Gasteiger partial charge in [-0.2, -0.15) is 0 Å². The zero-order valence-corrected chi connectivity index (χ0v) is 14.9. The Labute approximate surface area is 147 Å². The van der Waals surface area contributed by atoms with Crippen LogP contribution in [0.5, 0.6) is 0 Å². The molecule has 0 atom stereocenters. The first kappa shape index (κ1) is 16.2. The SMILES string of the molecule is Cc1ccc2c(c1)N=C(N1CCN(C)CC1)S21OC(=O)C=CC(=O)O1. The number of aryl methyl sites for hydroxylation is 1. The minimum atomic E-state index is -2.74. The smallest absolute Gasteiger partial charge is 0.339 e. The van der Waals surface area contributed by atoms with Crippen LogP contribution in [-0.4, -0.2) is 60.1 Å². The number of benzene rings is 1. The van der Waals surface area contributed by atoms with Crippen molar-refractivity contribution in [2.24, 2.45) is 4.99 Å². The number of hydrogen-bond donors (Lipinski definition) is 0. The first-order chi connectivity index (χ1) is 12.0. The Bertz CT molecular complexity index is 792. The third kappa shape index (κ3) is 2.71. The van der Waals surface area contributed by atoms with Gasteiger partial charge in [0.15, 0.2) is 0 Å². The van der Waals surface area contributed by atoms with Crippen LogP contribution in [0.25, 0.3) is 0 Å². The molecule has 1 aromatic rings. The van der Waals surface area contributed by atoms with Crippen LogP contribution in [0.15, 0.2) is 40.2 Å². The highest BCUT2D eigenvalue weighted by Gasteiger charge is 2.46. The van der Waals surface area contributed by atoms with Crippen LogP contribution in [0.1, 0.15) is 5.56 Å². The molecule has 25 heavy (non-hydrogen) atoms. The van der Waals surface area contributed by atoms with Crippen molar-refractivity contribution in [2.75, 3.05) is 33.2 Å². The van der Waals surface area contributed by atoms with E-state index in [0.717, 1.165) is 43.9 Å². The Morgan fingerprint density at radius 2 is 1.68 bits per heavy atom. The monoisotopic (exact) mass is 361 g/mol. The highest BCUT2D eigenvalue weighted by atomic mass is 32.3. The normalized spacial score (nSPS) is 23.6. The number of fused-ring (bicyclic) bond motifs is 2. The number of likely N-dealkylation sites (N-methyl/N-ethyl adjacent to an activating group) is 1. The van der Waals surface area contributed by atoms with Crippen molar-refractivity contribution >= 4 is 33.4 Å². The summed E-state index contributed by atoms with van der Waals surface area (Å²) in [5.74, 6) is -1.17. The molecule has 8 heteroatoms. The van der Waals surface area contributed by atoms with Gasteiger partial charge >= 0.3 is 11.9 Å². The van der Waals surface area contributed by atoms with Crippen molar-refractivity contribution in [2.45, 2.75) is 11.8 Å². The maximum absolute atomic E-state index is 12.1. The summed E-state index contributed by atoms with van der Waals surface area (Å²) in [5, 5.41) is 0.548. The molecule has 1 spiro atoms. The van der Waals surface area contributed by atoms with E-state index in [0.29, 0.717) is 15.8 Å². The van der Waals surface area contributed by atoms with E-state index < -0.39 is 22.5 Å². The Kier molecular flexibility index (Phi) is 3.81. The summed E-state index contributed by atoms with van der Waals surface area (Å²) in [5.41, 5.74) is 1.74. The second-order valence-electron chi connectivity index (χ2n) is 6.30. The van der Waals surface area contributed by atoms with Crippen molar-refractivity contribution in [3.63, 3.8) is 0 Å². The van der Waals surface area contributed by atoms with E-state index in [1.165, 1.54) is 0 Å². The summed E-state index contributed by atoms with van der Waals surface area (Å²) in [4.78, 5) is 34.0. The van der Waals surface area contributed by atoms with Crippen molar-refractivity contribution < 1.29 is 18.0 Å². The summed E-state index contributed by atoms with van der Waals surface area (Å²) < 4.78 is 11.4. The second-order valence-corrected chi connectivity index (χ2v) is 8.44. The van der Waals surface area contributed by atoms with E-state index >= 15 is 0 Å². The van der Waals surface area contributed by atoms with Crippen LogP contribution < -0.4 is 0 Å². The fourth-order valence-corrected chi connectivity index (χ4v) is 5.55. The lowest BCUT2D eigenvalue weighted by Gasteiger charge is -2.43. The van der Waals surface area contributed by atoms with E-state index in [2.05, 4.69) is 16.8 Å². The lowest BCUT2D eigenvalue weighted by atomic mass is 10.2. The Hall–Kier alpha value is -2.32. The number of carbonyl (C=O) groups excluding carboxylic acids is 2. The predicted octanol–water partition coefficient (Wildman–Crippen LogP) is 1.89. The van der Waals surface area contributed by atoms with E-state index in [1.807, 2.05) is 25.1 Å². The Morgan fingerprint density at radius 3 is 2.32 bits per heavy atom. The Morgan fingerprint density at radius 1 is 1.04 bits per heavy atom. The predicted molar refractivity (Wildman–Crippen MR) is 94.5 cm³/mol. The molecule has 7 nitrogen and oxygen atoms in total. The van der Waals surface area contributed by atoms with E-state index in [9.17, 15) is 9.59 Å². The topological polar surface area (TPSA) is 71.4 Å². The first-order valence-corrected chi connectivity index (χ1v) is 9.57. The molecule has 1 aromatic carbocycles. The highest BCUT2D eigenvalue weighted by Crippen LogP contribution is 2.67. The molecular weight excluding hydrogens is 342 g/mol. The average molecular weight is 361 g/mol. The first-order valence-electron chi connectivity index (χ1n) is 8.09. The molecule has 3 aliphatic rings. The molecule has 0 amide bonds. The maximum atomic E-state index is 12.1. The largest absolute Gasteiger partial charge is 0.354 e. The zero-order chi connectivity index (χ0) is 17.6. The third-order valence-corrected chi connectivity index (χ3v) is 6.94. The van der Waals surface area contributed by atoms with Gasteiger partial charge in [-0.3, -0.25) is 0 Å². The number of amidine groups is 1. The van der Waals surface area contributed by atoms with Crippen LogP contribution in [-0.2, 0) is 18.0 Å². The number of piperazine rings is 1. The summed E-state index contributed by atoms with van der Waals surface area (Å²) >= 11 is 0. The van der Waals surface area contributed by atoms with Gasteiger partial charge in [-0.1, -0.05) is 6.07 Å². The van der Waals surface area contributed by atoms with Crippen molar-refractivity contribution in [1.82, 2.24) is 9.80 Å². The van der Waals surface area contributed by atoms with Crippen molar-refractivity contribution in [1.29, 1.82) is 0 Å². The molecule has 3 heterocycles. The van der Waals surface area contributed by atoms with Crippen molar-refractivity contribution in [3.05, 3.63) is 35.9 Å². The number of aliphatic imine (C=N–C) groups is 1. The molecule has 1 saturated heterocycles. The standard InChI is InChI=1S/C17H19N3O4S/c1-12-3-4-14-13(11-12)18-17(20-9-7-19(2)8-10-20)25(14)23-15(21)5-6-16(22)24-25/h3-6,11H,7-10H2,1-2H3. The molecule has 132 valence electrons. The fraction of sp³-hybridized carbons (Fsp3) is 0.353. The van der Waals surface area contributed by atoms with Crippen LogP contribution in [0.2, 0.25) is 0 Å². The van der Waals surface area contributed by atoms with Gasteiger partial charge in [-0.05, 0) is 42.3 Å². The fourth-order valence-electron chi connectivity index (χ4n) is 3.05. The number of carbonyl (C=O) groups is 2. The molecule has 0 bridgehead atoms. The minimum absolute atomic E-state index is 0.548. The molecule has 0 aliphatic carbocycles. The second kappa shape index (κ2) is 5.89. The average Bonchev–Trinajstić information content (AvgIpc) is 2.77. The van der Waals surface area contributed by atoms with Gasteiger partial charge in [0.25, 0.3) is 0 Å².